The molecule has 28 heavy (non-hydrogen) atoms. The first kappa shape index (κ1) is 19.6. The average Bonchev–Trinajstić information content (AvgIpc) is 3.08. The van der Waals surface area contributed by atoms with E-state index in [-0.39, 0.29) is 18.2 Å². The maximum atomic E-state index is 12.4. The fourth-order valence-electron chi connectivity index (χ4n) is 2.64. The molecule has 2 amide bonds. The molecule has 1 heterocycles. The van der Waals surface area contributed by atoms with Crippen molar-refractivity contribution in [2.75, 3.05) is 24.9 Å². The largest absolute Gasteiger partial charge is 0.493 e. The van der Waals surface area contributed by atoms with Crippen LogP contribution in [0.3, 0.4) is 0 Å². The maximum absolute atomic E-state index is 12.4. The standard InChI is InChI=1S/C20H21N3O4S/c1-4-18(24)23-20-22-14-7-6-13(11-17(14)28-20)21-19(25)10-12-5-8-15(26-2)16(9-12)27-3/h5-9,11H,4,10H2,1-3H3,(H,21,25)(H,22,23,24). The molecule has 0 aliphatic carbocycles. The molecule has 0 saturated carbocycles. The Morgan fingerprint density at radius 2 is 1.79 bits per heavy atom. The smallest absolute Gasteiger partial charge is 0.228 e. The molecule has 8 heteroatoms. The Hall–Kier alpha value is -3.13. The van der Waals surface area contributed by atoms with Crippen LogP contribution >= 0.6 is 11.3 Å². The van der Waals surface area contributed by atoms with Crippen molar-refractivity contribution in [2.24, 2.45) is 0 Å². The third-order valence-electron chi connectivity index (χ3n) is 4.05. The van der Waals surface area contributed by atoms with Gasteiger partial charge in [-0.2, -0.15) is 0 Å². The average molecular weight is 399 g/mol. The number of carbonyl (C=O) groups excluding carboxylic acids is 2. The summed E-state index contributed by atoms with van der Waals surface area (Å²) in [6, 6.07) is 10.8. The van der Waals surface area contributed by atoms with Crippen molar-refractivity contribution in [3.05, 3.63) is 42.0 Å². The lowest BCUT2D eigenvalue weighted by molar-refractivity contribution is -0.116. The van der Waals surface area contributed by atoms with Crippen molar-refractivity contribution in [1.29, 1.82) is 0 Å². The molecule has 2 aromatic carbocycles. The lowest BCUT2D eigenvalue weighted by Gasteiger charge is -2.10. The van der Waals surface area contributed by atoms with Crippen LogP contribution in [0, 0.1) is 0 Å². The molecule has 0 unspecified atom stereocenters. The number of nitrogens with zero attached hydrogens (tertiary/aromatic N) is 1. The molecule has 146 valence electrons. The SMILES string of the molecule is CCC(=O)Nc1nc2ccc(NC(=O)Cc3ccc(OC)c(OC)c3)cc2s1. The Kier molecular flexibility index (Phi) is 6.10. The van der Waals surface area contributed by atoms with Gasteiger partial charge < -0.3 is 20.1 Å². The van der Waals surface area contributed by atoms with Gasteiger partial charge in [-0.15, -0.1) is 0 Å². The highest BCUT2D eigenvalue weighted by Crippen LogP contribution is 2.29. The summed E-state index contributed by atoms with van der Waals surface area (Å²) < 4.78 is 11.4. The molecule has 0 radical (unpaired) electrons. The van der Waals surface area contributed by atoms with Gasteiger partial charge >= 0.3 is 0 Å². The van der Waals surface area contributed by atoms with Gasteiger partial charge in [0, 0.05) is 12.1 Å². The summed E-state index contributed by atoms with van der Waals surface area (Å²) in [6.07, 6.45) is 0.603. The van der Waals surface area contributed by atoms with Crippen LogP contribution < -0.4 is 20.1 Å². The molecule has 3 aromatic rings. The quantitative estimate of drug-likeness (QED) is 0.630. The van der Waals surface area contributed by atoms with E-state index in [0.717, 1.165) is 15.8 Å². The number of ether oxygens (including phenoxy) is 2. The number of fused-ring (bicyclic) bond motifs is 1. The molecule has 7 nitrogen and oxygen atoms in total. The Morgan fingerprint density at radius 3 is 2.50 bits per heavy atom. The van der Waals surface area contributed by atoms with E-state index in [9.17, 15) is 9.59 Å². The second-order valence-electron chi connectivity index (χ2n) is 6.02. The molecular weight excluding hydrogens is 378 g/mol. The number of anilines is 2. The molecule has 0 atom stereocenters. The van der Waals surface area contributed by atoms with Gasteiger partial charge in [0.05, 0.1) is 30.9 Å². The first-order valence-corrected chi connectivity index (χ1v) is 9.55. The molecule has 0 aliphatic rings. The molecule has 0 spiro atoms. The summed E-state index contributed by atoms with van der Waals surface area (Å²) in [4.78, 5) is 28.3. The first-order valence-electron chi connectivity index (χ1n) is 8.73. The van der Waals surface area contributed by atoms with Crippen LogP contribution in [0.5, 0.6) is 11.5 Å². The molecule has 0 saturated heterocycles. The molecule has 0 bridgehead atoms. The van der Waals surface area contributed by atoms with E-state index in [1.807, 2.05) is 18.2 Å². The number of rotatable bonds is 7. The number of aromatic nitrogens is 1. The summed E-state index contributed by atoms with van der Waals surface area (Å²) in [5.74, 6) is 0.979. The molecule has 0 aliphatic heterocycles. The predicted octanol–water partition coefficient (Wildman–Crippen LogP) is 3.84. The summed E-state index contributed by atoms with van der Waals surface area (Å²) >= 11 is 1.37. The van der Waals surface area contributed by atoms with E-state index < -0.39 is 0 Å². The Labute approximate surface area is 166 Å². The van der Waals surface area contributed by atoms with Gasteiger partial charge in [-0.1, -0.05) is 24.3 Å². The van der Waals surface area contributed by atoms with Crippen molar-refractivity contribution in [3.8, 4) is 11.5 Å². The fourth-order valence-corrected chi connectivity index (χ4v) is 3.57. The van der Waals surface area contributed by atoms with E-state index in [1.165, 1.54) is 11.3 Å². The Bertz CT molecular complexity index is 1020. The van der Waals surface area contributed by atoms with Crippen LogP contribution in [-0.2, 0) is 16.0 Å². The highest BCUT2D eigenvalue weighted by Gasteiger charge is 2.11. The van der Waals surface area contributed by atoms with Gasteiger partial charge in [-0.05, 0) is 35.9 Å². The van der Waals surface area contributed by atoms with Gasteiger partial charge in [0.15, 0.2) is 16.6 Å². The second-order valence-corrected chi connectivity index (χ2v) is 7.05. The summed E-state index contributed by atoms with van der Waals surface area (Å²) in [5, 5.41) is 6.20. The van der Waals surface area contributed by atoms with E-state index in [2.05, 4.69) is 15.6 Å². The topological polar surface area (TPSA) is 89.6 Å². The summed E-state index contributed by atoms with van der Waals surface area (Å²) in [7, 11) is 3.13. The minimum absolute atomic E-state index is 0.0810. The number of methoxy groups -OCH3 is 2. The van der Waals surface area contributed by atoms with E-state index >= 15 is 0 Å². The van der Waals surface area contributed by atoms with Crippen molar-refractivity contribution < 1.29 is 19.1 Å². The molecule has 1 aromatic heterocycles. The number of thiazole rings is 1. The zero-order valence-electron chi connectivity index (χ0n) is 15.9. The van der Waals surface area contributed by atoms with Gasteiger partial charge in [0.2, 0.25) is 11.8 Å². The minimum Gasteiger partial charge on any atom is -0.493 e. The van der Waals surface area contributed by atoms with Crippen LogP contribution in [0.4, 0.5) is 10.8 Å². The van der Waals surface area contributed by atoms with Gasteiger partial charge in [0.1, 0.15) is 0 Å². The third kappa shape index (κ3) is 4.58. The van der Waals surface area contributed by atoms with Crippen LogP contribution in [0.25, 0.3) is 10.2 Å². The first-order chi connectivity index (χ1) is 13.5. The van der Waals surface area contributed by atoms with Gasteiger partial charge in [0.25, 0.3) is 0 Å². The number of amides is 2. The zero-order chi connectivity index (χ0) is 20.1. The van der Waals surface area contributed by atoms with Crippen LogP contribution in [0.1, 0.15) is 18.9 Å². The monoisotopic (exact) mass is 399 g/mol. The van der Waals surface area contributed by atoms with Crippen molar-refractivity contribution in [1.82, 2.24) is 4.98 Å². The predicted molar refractivity (Wildman–Crippen MR) is 110 cm³/mol. The summed E-state index contributed by atoms with van der Waals surface area (Å²) in [5.41, 5.74) is 2.27. The van der Waals surface area contributed by atoms with Gasteiger partial charge in [-0.25, -0.2) is 4.98 Å². The number of nitrogens with one attached hydrogen (secondary N) is 2. The third-order valence-corrected chi connectivity index (χ3v) is 4.99. The van der Waals surface area contributed by atoms with Crippen molar-refractivity contribution in [2.45, 2.75) is 19.8 Å². The fraction of sp³-hybridized carbons (Fsp3) is 0.250. The molecular formula is C20H21N3O4S. The molecule has 2 N–H and O–H groups in total. The molecule has 0 fully saturated rings. The zero-order valence-corrected chi connectivity index (χ0v) is 16.7. The number of hydrogen-bond acceptors (Lipinski definition) is 6. The number of benzene rings is 2. The van der Waals surface area contributed by atoms with Crippen molar-refractivity contribution >= 4 is 44.2 Å². The molecule has 3 rings (SSSR count). The highest BCUT2D eigenvalue weighted by molar-refractivity contribution is 7.22. The number of carbonyl (C=O) groups is 2. The normalized spacial score (nSPS) is 10.5. The van der Waals surface area contributed by atoms with E-state index in [0.29, 0.717) is 28.7 Å². The lowest BCUT2D eigenvalue weighted by atomic mass is 10.1. The second kappa shape index (κ2) is 8.71. The lowest BCUT2D eigenvalue weighted by Crippen LogP contribution is -2.14. The van der Waals surface area contributed by atoms with Crippen LogP contribution in [0.15, 0.2) is 36.4 Å². The van der Waals surface area contributed by atoms with Gasteiger partial charge in [-0.3, -0.25) is 9.59 Å². The highest BCUT2D eigenvalue weighted by atomic mass is 32.1. The van der Waals surface area contributed by atoms with Crippen LogP contribution in [-0.4, -0.2) is 31.0 Å². The van der Waals surface area contributed by atoms with Crippen molar-refractivity contribution in [3.63, 3.8) is 0 Å². The maximum Gasteiger partial charge on any atom is 0.228 e. The summed E-state index contributed by atoms with van der Waals surface area (Å²) in [6.45, 7) is 1.79. The number of hydrogen-bond donors (Lipinski definition) is 2. The minimum atomic E-state index is -0.143. The Balaban J connectivity index is 1.69. The van der Waals surface area contributed by atoms with E-state index in [1.54, 1.807) is 39.3 Å². The Morgan fingerprint density at radius 1 is 1.00 bits per heavy atom. The van der Waals surface area contributed by atoms with E-state index in [4.69, 9.17) is 9.47 Å². The van der Waals surface area contributed by atoms with Crippen LogP contribution in [0.2, 0.25) is 0 Å².